The van der Waals surface area contributed by atoms with Crippen molar-refractivity contribution in [1.29, 1.82) is 0 Å². The van der Waals surface area contributed by atoms with Crippen molar-refractivity contribution in [3.63, 3.8) is 0 Å². The Morgan fingerprint density at radius 1 is 1.05 bits per heavy atom. The van der Waals surface area contributed by atoms with E-state index in [9.17, 15) is 0 Å². The van der Waals surface area contributed by atoms with Gasteiger partial charge in [0.1, 0.15) is 11.3 Å². The molecular weight excluding hydrogens is 250 g/mol. The van der Waals surface area contributed by atoms with E-state index in [0.717, 1.165) is 22.3 Å². The molecule has 0 amide bonds. The summed E-state index contributed by atoms with van der Waals surface area (Å²) in [5, 5.41) is 0.930. The van der Waals surface area contributed by atoms with Gasteiger partial charge in [0, 0.05) is 11.6 Å². The number of aromatic nitrogens is 1. The smallest absolute Gasteiger partial charge is 0.153 e. The fraction of sp³-hybridized carbons (Fsp3) is 0.0625. The minimum absolute atomic E-state index is 0.712. The molecule has 4 nitrogen and oxygen atoms in total. The van der Waals surface area contributed by atoms with Crippen LogP contribution >= 0.6 is 0 Å². The molecule has 0 saturated heterocycles. The van der Waals surface area contributed by atoms with E-state index in [0.29, 0.717) is 5.75 Å². The van der Waals surface area contributed by atoms with E-state index < -0.39 is 0 Å². The molecule has 3 rings (SSSR count). The second kappa shape index (κ2) is 5.19. The van der Waals surface area contributed by atoms with Gasteiger partial charge in [-0.1, -0.05) is 29.8 Å². The van der Waals surface area contributed by atoms with Crippen LogP contribution in [-0.2, 0) is 0 Å². The fourth-order valence-corrected chi connectivity index (χ4v) is 2.09. The number of hydrazine groups is 1. The summed E-state index contributed by atoms with van der Waals surface area (Å²) in [7, 11) is 0. The highest BCUT2D eigenvalue weighted by molar-refractivity contribution is 5.94. The number of hydrogen-bond donors (Lipinski definition) is 2. The van der Waals surface area contributed by atoms with Crippen LogP contribution < -0.4 is 16.0 Å². The van der Waals surface area contributed by atoms with Crippen molar-refractivity contribution < 1.29 is 4.74 Å². The average molecular weight is 265 g/mol. The third kappa shape index (κ3) is 2.29. The largest absolute Gasteiger partial charge is 0.455 e. The van der Waals surface area contributed by atoms with E-state index in [2.05, 4.69) is 10.4 Å². The number of nitrogen functional groups attached to an aromatic ring is 1. The molecule has 0 aliphatic carbocycles. The van der Waals surface area contributed by atoms with Crippen molar-refractivity contribution in [2.45, 2.75) is 6.92 Å². The lowest BCUT2D eigenvalue weighted by Crippen LogP contribution is -2.07. The first-order chi connectivity index (χ1) is 9.78. The van der Waals surface area contributed by atoms with Gasteiger partial charge in [0.05, 0.1) is 5.69 Å². The van der Waals surface area contributed by atoms with Crippen molar-refractivity contribution in [3.05, 3.63) is 60.3 Å². The third-order valence-electron chi connectivity index (χ3n) is 3.14. The van der Waals surface area contributed by atoms with Gasteiger partial charge in [-0.15, -0.1) is 0 Å². The molecule has 0 fully saturated rings. The molecule has 0 aliphatic heterocycles. The molecule has 2 aromatic carbocycles. The van der Waals surface area contributed by atoms with Crippen molar-refractivity contribution in [1.82, 2.24) is 4.98 Å². The highest BCUT2D eigenvalue weighted by Gasteiger charge is 2.07. The van der Waals surface area contributed by atoms with E-state index in [1.165, 1.54) is 5.56 Å². The van der Waals surface area contributed by atoms with Crippen LogP contribution in [0.3, 0.4) is 0 Å². The summed E-state index contributed by atoms with van der Waals surface area (Å²) in [6.45, 7) is 2.04. The molecule has 1 aromatic heterocycles. The minimum atomic E-state index is 0.712. The van der Waals surface area contributed by atoms with Gasteiger partial charge < -0.3 is 10.2 Å². The molecule has 4 heteroatoms. The first-order valence-corrected chi connectivity index (χ1v) is 6.37. The zero-order valence-corrected chi connectivity index (χ0v) is 11.1. The summed E-state index contributed by atoms with van der Waals surface area (Å²) in [6.07, 6.45) is 1.71. The molecule has 100 valence electrons. The Labute approximate surface area is 117 Å². The van der Waals surface area contributed by atoms with Crippen molar-refractivity contribution in [2.75, 3.05) is 5.43 Å². The number of anilines is 1. The summed E-state index contributed by atoms with van der Waals surface area (Å²) in [4.78, 5) is 4.38. The summed E-state index contributed by atoms with van der Waals surface area (Å²) < 4.78 is 5.92. The number of nitrogens with two attached hydrogens (primary N) is 1. The topological polar surface area (TPSA) is 60.2 Å². The van der Waals surface area contributed by atoms with E-state index in [-0.39, 0.29) is 0 Å². The summed E-state index contributed by atoms with van der Waals surface area (Å²) in [6, 6.07) is 15.5. The minimum Gasteiger partial charge on any atom is -0.455 e. The van der Waals surface area contributed by atoms with Gasteiger partial charge in [-0.3, -0.25) is 10.8 Å². The van der Waals surface area contributed by atoms with Crippen LogP contribution in [0, 0.1) is 6.92 Å². The molecule has 20 heavy (non-hydrogen) atoms. The Hall–Kier alpha value is -2.59. The van der Waals surface area contributed by atoms with Gasteiger partial charge >= 0.3 is 0 Å². The lowest BCUT2D eigenvalue weighted by atomic mass is 10.2. The molecule has 0 radical (unpaired) electrons. The SMILES string of the molecule is Cc1ccc(Oc2cccc3c(NN)ccnc23)cc1. The van der Waals surface area contributed by atoms with Gasteiger partial charge in [0.2, 0.25) is 0 Å². The van der Waals surface area contributed by atoms with Crippen molar-refractivity contribution in [3.8, 4) is 11.5 Å². The number of fused-ring (bicyclic) bond motifs is 1. The number of rotatable bonds is 3. The quantitative estimate of drug-likeness (QED) is 0.561. The lowest BCUT2D eigenvalue weighted by Gasteiger charge is -2.10. The lowest BCUT2D eigenvalue weighted by molar-refractivity contribution is 0.487. The Balaban J connectivity index is 2.05. The predicted octanol–water partition coefficient (Wildman–Crippen LogP) is 3.62. The maximum absolute atomic E-state index is 5.92. The zero-order chi connectivity index (χ0) is 13.9. The Morgan fingerprint density at radius 3 is 2.60 bits per heavy atom. The number of nitrogens with zero attached hydrogens (tertiary/aromatic N) is 1. The first kappa shape index (κ1) is 12.4. The van der Waals surface area contributed by atoms with Crippen LogP contribution in [-0.4, -0.2) is 4.98 Å². The monoisotopic (exact) mass is 265 g/mol. The molecular formula is C16H15N3O. The van der Waals surface area contributed by atoms with Crippen LogP contribution in [0.2, 0.25) is 0 Å². The molecule has 3 N–H and O–H groups in total. The van der Waals surface area contributed by atoms with E-state index >= 15 is 0 Å². The first-order valence-electron chi connectivity index (χ1n) is 6.37. The number of aryl methyl sites for hydroxylation is 1. The number of pyridine rings is 1. The molecule has 1 heterocycles. The Morgan fingerprint density at radius 2 is 1.85 bits per heavy atom. The maximum Gasteiger partial charge on any atom is 0.153 e. The summed E-state index contributed by atoms with van der Waals surface area (Å²) >= 11 is 0. The van der Waals surface area contributed by atoms with Gasteiger partial charge in [0.15, 0.2) is 5.75 Å². The molecule has 0 atom stereocenters. The third-order valence-corrected chi connectivity index (χ3v) is 3.14. The van der Waals surface area contributed by atoms with Crippen LogP contribution in [0.5, 0.6) is 11.5 Å². The zero-order valence-electron chi connectivity index (χ0n) is 11.1. The molecule has 0 saturated carbocycles. The number of benzene rings is 2. The maximum atomic E-state index is 5.92. The number of ether oxygens (including phenoxy) is 1. The van der Waals surface area contributed by atoms with Crippen LogP contribution in [0.25, 0.3) is 10.9 Å². The average Bonchev–Trinajstić information content (AvgIpc) is 2.49. The highest BCUT2D eigenvalue weighted by Crippen LogP contribution is 2.31. The van der Waals surface area contributed by atoms with Gasteiger partial charge in [0.25, 0.3) is 0 Å². The second-order valence-electron chi connectivity index (χ2n) is 4.57. The highest BCUT2D eigenvalue weighted by atomic mass is 16.5. The number of nitrogens with one attached hydrogen (secondary N) is 1. The van der Waals surface area contributed by atoms with Gasteiger partial charge in [-0.05, 0) is 31.2 Å². The normalized spacial score (nSPS) is 10.5. The fourth-order valence-electron chi connectivity index (χ4n) is 2.09. The van der Waals surface area contributed by atoms with Gasteiger partial charge in [-0.25, -0.2) is 0 Å². The molecule has 3 aromatic rings. The molecule has 0 aliphatic rings. The Kier molecular flexibility index (Phi) is 3.23. The second-order valence-corrected chi connectivity index (χ2v) is 4.57. The summed E-state index contributed by atoms with van der Waals surface area (Å²) in [5.41, 5.74) is 5.47. The number of para-hydroxylation sites is 1. The van der Waals surface area contributed by atoms with Crippen LogP contribution in [0.1, 0.15) is 5.56 Å². The standard InChI is InChI=1S/C16H15N3O/c1-11-5-7-12(8-6-11)20-15-4-2-3-13-14(19-17)9-10-18-16(13)15/h2-10H,17H2,1H3,(H,18,19). The van der Waals surface area contributed by atoms with Crippen LogP contribution in [0.4, 0.5) is 5.69 Å². The Bertz CT molecular complexity index is 738. The predicted molar refractivity (Wildman–Crippen MR) is 80.8 cm³/mol. The van der Waals surface area contributed by atoms with Gasteiger partial charge in [-0.2, -0.15) is 0 Å². The molecule has 0 spiro atoms. The van der Waals surface area contributed by atoms with E-state index in [1.54, 1.807) is 6.20 Å². The van der Waals surface area contributed by atoms with Crippen molar-refractivity contribution in [2.24, 2.45) is 5.84 Å². The molecule has 0 bridgehead atoms. The summed E-state index contributed by atoms with van der Waals surface area (Å²) in [5.74, 6) is 7.02. The van der Waals surface area contributed by atoms with E-state index in [4.69, 9.17) is 10.6 Å². The van der Waals surface area contributed by atoms with Crippen molar-refractivity contribution >= 4 is 16.6 Å². The van der Waals surface area contributed by atoms with E-state index in [1.807, 2.05) is 55.5 Å². The number of hydrogen-bond acceptors (Lipinski definition) is 4. The molecule has 0 unspecified atom stereocenters. The van der Waals surface area contributed by atoms with Crippen LogP contribution in [0.15, 0.2) is 54.7 Å².